The molecule has 0 unspecified atom stereocenters. The highest BCUT2D eigenvalue weighted by Gasteiger charge is 2.26. The quantitative estimate of drug-likeness (QED) is 0.771. The molecule has 0 aromatic carbocycles. The van der Waals surface area contributed by atoms with Crippen LogP contribution >= 0.6 is 11.6 Å². The van der Waals surface area contributed by atoms with Gasteiger partial charge in [0.25, 0.3) is 0 Å². The van der Waals surface area contributed by atoms with Gasteiger partial charge < -0.3 is 0 Å². The number of hydrogen-bond donors (Lipinski definition) is 0. The van der Waals surface area contributed by atoms with E-state index in [2.05, 4.69) is 22.9 Å². The lowest BCUT2D eigenvalue weighted by molar-refractivity contribution is 0.176. The monoisotopic (exact) mass is 264 g/mol. The lowest BCUT2D eigenvalue weighted by Gasteiger charge is -2.30. The molecular weight excluding hydrogens is 244 g/mol. The molecule has 1 aliphatic heterocycles. The highest BCUT2D eigenvalue weighted by atomic mass is 35.5. The Kier molecular flexibility index (Phi) is 3.58. The Bertz CT molecular complexity index is 429. The summed E-state index contributed by atoms with van der Waals surface area (Å²) in [6, 6.07) is 4.30. The SMILES string of the molecule is C[C@H]1CCCN(Cc2cc(Cl)nc(C3CC3)c2)C1. The predicted octanol–water partition coefficient (Wildman–Crippen LogP) is 3.84. The highest BCUT2D eigenvalue weighted by molar-refractivity contribution is 6.29. The van der Waals surface area contributed by atoms with Crippen molar-refractivity contribution < 1.29 is 0 Å². The van der Waals surface area contributed by atoms with Crippen molar-refractivity contribution in [3.8, 4) is 0 Å². The average Bonchev–Trinajstić information content (AvgIpc) is 3.11. The number of nitrogens with zero attached hydrogens (tertiary/aromatic N) is 2. The smallest absolute Gasteiger partial charge is 0.129 e. The first-order chi connectivity index (χ1) is 8.70. The second-order valence-electron chi connectivity index (χ2n) is 5.98. The average molecular weight is 265 g/mol. The van der Waals surface area contributed by atoms with Gasteiger partial charge in [0.15, 0.2) is 0 Å². The molecule has 98 valence electrons. The molecule has 3 heteroatoms. The third kappa shape index (κ3) is 3.04. The minimum Gasteiger partial charge on any atom is -0.299 e. The van der Waals surface area contributed by atoms with E-state index in [9.17, 15) is 0 Å². The summed E-state index contributed by atoms with van der Waals surface area (Å²) in [6.07, 6.45) is 5.28. The molecule has 2 aliphatic rings. The lowest BCUT2D eigenvalue weighted by atomic mass is 10.00. The molecule has 1 saturated carbocycles. The van der Waals surface area contributed by atoms with Crippen molar-refractivity contribution in [1.29, 1.82) is 0 Å². The van der Waals surface area contributed by atoms with E-state index in [1.54, 1.807) is 0 Å². The van der Waals surface area contributed by atoms with Gasteiger partial charge in [0.2, 0.25) is 0 Å². The van der Waals surface area contributed by atoms with Crippen LogP contribution in [-0.4, -0.2) is 23.0 Å². The van der Waals surface area contributed by atoms with E-state index in [0.717, 1.165) is 12.5 Å². The maximum atomic E-state index is 6.14. The molecule has 2 heterocycles. The first-order valence-corrected chi connectivity index (χ1v) is 7.47. The van der Waals surface area contributed by atoms with Gasteiger partial charge >= 0.3 is 0 Å². The Morgan fingerprint density at radius 1 is 1.33 bits per heavy atom. The Labute approximate surface area is 114 Å². The van der Waals surface area contributed by atoms with Crippen molar-refractivity contribution in [2.45, 2.75) is 45.1 Å². The Morgan fingerprint density at radius 2 is 2.17 bits per heavy atom. The van der Waals surface area contributed by atoms with Crippen LogP contribution in [0.15, 0.2) is 12.1 Å². The van der Waals surface area contributed by atoms with Crippen molar-refractivity contribution in [1.82, 2.24) is 9.88 Å². The molecule has 1 aromatic rings. The van der Waals surface area contributed by atoms with Crippen molar-refractivity contribution in [3.63, 3.8) is 0 Å². The minimum atomic E-state index is 0.666. The summed E-state index contributed by atoms with van der Waals surface area (Å²) >= 11 is 6.14. The van der Waals surface area contributed by atoms with E-state index in [1.165, 1.54) is 50.0 Å². The summed E-state index contributed by atoms with van der Waals surface area (Å²) < 4.78 is 0. The Morgan fingerprint density at radius 3 is 2.89 bits per heavy atom. The molecule has 2 fully saturated rings. The van der Waals surface area contributed by atoms with Crippen LogP contribution in [0.3, 0.4) is 0 Å². The van der Waals surface area contributed by atoms with E-state index in [-0.39, 0.29) is 0 Å². The molecule has 0 spiro atoms. The van der Waals surface area contributed by atoms with Crippen LogP contribution in [0.4, 0.5) is 0 Å². The highest BCUT2D eigenvalue weighted by Crippen LogP contribution is 2.39. The summed E-state index contributed by atoms with van der Waals surface area (Å²) in [4.78, 5) is 7.00. The fourth-order valence-corrected chi connectivity index (χ4v) is 3.18. The van der Waals surface area contributed by atoms with E-state index in [4.69, 9.17) is 11.6 Å². The molecule has 18 heavy (non-hydrogen) atoms. The van der Waals surface area contributed by atoms with Crippen LogP contribution < -0.4 is 0 Å². The Balaban J connectivity index is 1.71. The largest absolute Gasteiger partial charge is 0.299 e. The van der Waals surface area contributed by atoms with Crippen LogP contribution in [0.1, 0.15) is 49.8 Å². The van der Waals surface area contributed by atoms with Crippen molar-refractivity contribution in [2.24, 2.45) is 5.92 Å². The molecule has 1 saturated heterocycles. The molecule has 1 aromatic heterocycles. The van der Waals surface area contributed by atoms with Gasteiger partial charge in [-0.15, -0.1) is 0 Å². The number of aromatic nitrogens is 1. The molecule has 1 atom stereocenters. The van der Waals surface area contributed by atoms with Gasteiger partial charge in [-0.3, -0.25) is 4.90 Å². The molecule has 3 rings (SSSR count). The number of rotatable bonds is 3. The van der Waals surface area contributed by atoms with Gasteiger partial charge in [0.05, 0.1) is 0 Å². The maximum absolute atomic E-state index is 6.14. The lowest BCUT2D eigenvalue weighted by Crippen LogP contribution is -2.33. The first-order valence-electron chi connectivity index (χ1n) is 7.09. The fourth-order valence-electron chi connectivity index (χ4n) is 2.94. The molecule has 0 N–H and O–H groups in total. The van der Waals surface area contributed by atoms with Crippen LogP contribution in [0.2, 0.25) is 5.15 Å². The predicted molar refractivity (Wildman–Crippen MR) is 74.9 cm³/mol. The normalized spacial score (nSPS) is 25.3. The number of pyridine rings is 1. The minimum absolute atomic E-state index is 0.666. The van der Waals surface area contributed by atoms with Gasteiger partial charge in [-0.25, -0.2) is 4.98 Å². The van der Waals surface area contributed by atoms with E-state index in [1.807, 2.05) is 6.07 Å². The van der Waals surface area contributed by atoms with Gasteiger partial charge in [-0.05, 0) is 55.8 Å². The fraction of sp³-hybridized carbons (Fsp3) is 0.667. The number of piperidine rings is 1. The van der Waals surface area contributed by atoms with Crippen molar-refractivity contribution in [3.05, 3.63) is 28.5 Å². The second kappa shape index (κ2) is 5.18. The van der Waals surface area contributed by atoms with Gasteiger partial charge in [0.1, 0.15) is 5.15 Å². The zero-order valence-electron chi connectivity index (χ0n) is 11.0. The van der Waals surface area contributed by atoms with Gasteiger partial charge in [0, 0.05) is 24.7 Å². The zero-order valence-corrected chi connectivity index (χ0v) is 11.8. The van der Waals surface area contributed by atoms with Crippen LogP contribution in [-0.2, 0) is 6.54 Å². The zero-order chi connectivity index (χ0) is 12.5. The van der Waals surface area contributed by atoms with E-state index >= 15 is 0 Å². The van der Waals surface area contributed by atoms with Crippen LogP contribution in [0.5, 0.6) is 0 Å². The number of likely N-dealkylation sites (tertiary alicyclic amines) is 1. The van der Waals surface area contributed by atoms with Crippen molar-refractivity contribution >= 4 is 11.6 Å². The number of hydrogen-bond acceptors (Lipinski definition) is 2. The molecule has 0 amide bonds. The summed E-state index contributed by atoms with van der Waals surface area (Å²) in [5, 5.41) is 0.666. The molecular formula is C15H21ClN2. The summed E-state index contributed by atoms with van der Waals surface area (Å²) in [5.41, 5.74) is 2.55. The number of halogens is 1. The van der Waals surface area contributed by atoms with Gasteiger partial charge in [-0.2, -0.15) is 0 Å². The van der Waals surface area contributed by atoms with Crippen LogP contribution in [0, 0.1) is 5.92 Å². The van der Waals surface area contributed by atoms with E-state index in [0.29, 0.717) is 11.1 Å². The third-order valence-corrected chi connectivity index (χ3v) is 4.21. The Hall–Kier alpha value is -0.600. The van der Waals surface area contributed by atoms with Gasteiger partial charge in [-0.1, -0.05) is 18.5 Å². The van der Waals surface area contributed by atoms with Crippen molar-refractivity contribution in [2.75, 3.05) is 13.1 Å². The molecule has 0 radical (unpaired) electrons. The summed E-state index contributed by atoms with van der Waals surface area (Å²) in [5.74, 6) is 1.52. The second-order valence-corrected chi connectivity index (χ2v) is 6.37. The summed E-state index contributed by atoms with van der Waals surface area (Å²) in [7, 11) is 0. The standard InChI is InChI=1S/C15H21ClN2/c1-11-3-2-6-18(9-11)10-12-7-14(13-4-5-13)17-15(16)8-12/h7-8,11,13H,2-6,9-10H2,1H3/t11-/m0/s1. The topological polar surface area (TPSA) is 16.1 Å². The third-order valence-electron chi connectivity index (χ3n) is 4.02. The molecule has 2 nitrogen and oxygen atoms in total. The molecule has 1 aliphatic carbocycles. The first kappa shape index (κ1) is 12.4. The maximum Gasteiger partial charge on any atom is 0.129 e. The summed E-state index contributed by atoms with van der Waals surface area (Å²) in [6.45, 7) is 5.83. The van der Waals surface area contributed by atoms with E-state index < -0.39 is 0 Å². The molecule has 0 bridgehead atoms. The van der Waals surface area contributed by atoms with Crippen LogP contribution in [0.25, 0.3) is 0 Å².